The quantitative estimate of drug-likeness (QED) is 0.0710. The van der Waals surface area contributed by atoms with Crippen molar-refractivity contribution in [1.29, 1.82) is 0 Å². The maximum atomic E-state index is 13.5. The molecule has 13 heteroatoms. The summed E-state index contributed by atoms with van der Waals surface area (Å²) in [7, 11) is 0. The molecule has 2 aliphatic heterocycles. The second kappa shape index (κ2) is 9.07. The summed E-state index contributed by atoms with van der Waals surface area (Å²) in [6.45, 7) is 0. The van der Waals surface area contributed by atoms with Crippen LogP contribution in [-0.4, -0.2) is 57.5 Å². The monoisotopic (exact) mass is 586 g/mol. The predicted molar refractivity (Wildman–Crippen MR) is 147 cm³/mol. The van der Waals surface area contributed by atoms with Gasteiger partial charge in [0.05, 0.1) is 12.0 Å². The number of hydrogen-bond acceptors (Lipinski definition) is 13. The van der Waals surface area contributed by atoms with Crippen LogP contribution in [0.3, 0.4) is 0 Å². The fourth-order valence-electron chi connectivity index (χ4n) is 5.24. The van der Waals surface area contributed by atoms with Crippen LogP contribution in [0.4, 0.5) is 0 Å². The van der Waals surface area contributed by atoms with Crippen molar-refractivity contribution in [3.8, 4) is 85.3 Å². The Kier molecular flexibility index (Phi) is 5.66. The van der Waals surface area contributed by atoms with Crippen molar-refractivity contribution in [2.24, 2.45) is 0 Å². The van der Waals surface area contributed by atoms with E-state index in [4.69, 9.17) is 4.42 Å². The molecular weight excluding hydrogens is 568 g/mol. The molecule has 7 rings (SSSR count). The number of Topliss-reactive ketones (excluding diaryl/α,β-unsaturated/α-hetero) is 2. The first-order valence-electron chi connectivity index (χ1n) is 12.3. The van der Waals surface area contributed by atoms with Crippen LogP contribution in [0.25, 0.3) is 44.5 Å². The fraction of sp³-hybridized carbons (Fsp3) is 0.0333. The van der Waals surface area contributed by atoms with Crippen molar-refractivity contribution in [1.82, 2.24) is 0 Å². The third-order valence-electron chi connectivity index (χ3n) is 7.21. The first-order valence-corrected chi connectivity index (χ1v) is 12.3. The number of carbonyl (C=O) groups is 2. The lowest BCUT2D eigenvalue weighted by Crippen LogP contribution is -2.11. The van der Waals surface area contributed by atoms with Crippen molar-refractivity contribution in [2.75, 3.05) is 0 Å². The van der Waals surface area contributed by atoms with Crippen LogP contribution in [0.1, 0.15) is 27.1 Å². The summed E-state index contributed by atoms with van der Waals surface area (Å²) in [5.41, 5.74) is -5.36. The number of benzene rings is 4. The Balaban J connectivity index is 1.89. The van der Waals surface area contributed by atoms with Gasteiger partial charge in [0.1, 0.15) is 34.0 Å². The smallest absolute Gasteiger partial charge is 0.197 e. The van der Waals surface area contributed by atoms with E-state index in [0.29, 0.717) is 0 Å². The molecule has 2 aliphatic rings. The molecule has 216 valence electrons. The molecule has 0 aliphatic carbocycles. The number of carbonyl (C=O) groups excluding carboxylic acids is 2. The van der Waals surface area contributed by atoms with Crippen molar-refractivity contribution in [2.45, 2.75) is 6.42 Å². The summed E-state index contributed by atoms with van der Waals surface area (Å²) in [5, 5.41) is 95.7. The van der Waals surface area contributed by atoms with Crippen LogP contribution in [0.15, 0.2) is 51.7 Å². The van der Waals surface area contributed by atoms with E-state index >= 15 is 0 Å². The van der Waals surface area contributed by atoms with Crippen LogP contribution >= 0.6 is 0 Å². The van der Waals surface area contributed by atoms with E-state index in [2.05, 4.69) is 0 Å². The highest BCUT2D eigenvalue weighted by Gasteiger charge is 2.32. The molecule has 0 saturated carbocycles. The minimum atomic E-state index is -1.21. The number of phenols is 9. The Labute approximate surface area is 238 Å². The van der Waals surface area contributed by atoms with E-state index in [9.17, 15) is 60.3 Å². The topological polar surface area (TPSA) is 246 Å². The van der Waals surface area contributed by atoms with E-state index in [0.717, 1.165) is 42.5 Å². The Morgan fingerprint density at radius 1 is 0.488 bits per heavy atom. The van der Waals surface area contributed by atoms with Crippen LogP contribution in [0.2, 0.25) is 0 Å². The molecule has 5 aromatic rings. The summed E-state index contributed by atoms with van der Waals surface area (Å²) in [6.07, 6.45) is -1.09. The molecule has 0 atom stereocenters. The lowest BCUT2D eigenvalue weighted by Gasteiger charge is -2.17. The lowest BCUT2D eigenvalue weighted by atomic mass is 9.90. The maximum Gasteiger partial charge on any atom is 0.197 e. The first kappa shape index (κ1) is 26.8. The molecule has 3 heterocycles. The molecule has 1 aromatic heterocycles. The summed E-state index contributed by atoms with van der Waals surface area (Å²) in [6, 6.07) is 6.37. The predicted octanol–water partition coefficient (Wildman–Crippen LogP) is 3.91. The second-order valence-electron chi connectivity index (χ2n) is 9.72. The SMILES string of the molecule is O=C1CC(=O)c2c(O)cc(c(O)c2O)-c2c(ccc(O)c2O)-c2cc(=O)c3c(O)cc(O)c(c3o2)-c2c1ccc(O)c2O. The maximum absolute atomic E-state index is 13.5. The Morgan fingerprint density at radius 2 is 1.09 bits per heavy atom. The minimum Gasteiger partial charge on any atom is -0.507 e. The number of hydrogen-bond donors (Lipinski definition) is 9. The molecule has 9 N–H and O–H groups in total. The minimum absolute atomic E-state index is 0.248. The third kappa shape index (κ3) is 3.75. The van der Waals surface area contributed by atoms with Crippen LogP contribution < -0.4 is 5.43 Å². The molecule has 13 nitrogen and oxygen atoms in total. The number of fused-ring (bicyclic) bond motifs is 4. The highest BCUT2D eigenvalue weighted by atomic mass is 16.3. The fourth-order valence-corrected chi connectivity index (χ4v) is 5.24. The number of aromatic hydroxyl groups is 9. The third-order valence-corrected chi connectivity index (χ3v) is 7.21. The highest BCUT2D eigenvalue weighted by Crippen LogP contribution is 2.53. The Morgan fingerprint density at radius 3 is 1.77 bits per heavy atom. The van der Waals surface area contributed by atoms with Crippen LogP contribution in [-0.2, 0) is 0 Å². The Hall–Kier alpha value is -6.37. The van der Waals surface area contributed by atoms with Gasteiger partial charge in [-0.15, -0.1) is 0 Å². The summed E-state index contributed by atoms with van der Waals surface area (Å²) in [4.78, 5) is 40.0. The molecule has 0 spiro atoms. The average molecular weight is 586 g/mol. The van der Waals surface area contributed by atoms with E-state index in [1.807, 2.05) is 0 Å². The highest BCUT2D eigenvalue weighted by molar-refractivity contribution is 6.19. The molecule has 4 bridgehead atoms. The average Bonchev–Trinajstić information content (AvgIpc) is 2.93. The van der Waals surface area contributed by atoms with Gasteiger partial charge < -0.3 is 50.4 Å². The van der Waals surface area contributed by atoms with Gasteiger partial charge in [-0.1, -0.05) is 0 Å². The number of ketones is 2. The molecular formula is C30H18O13. The van der Waals surface area contributed by atoms with Crippen LogP contribution in [0.5, 0.6) is 51.7 Å². The van der Waals surface area contributed by atoms with E-state index in [1.165, 1.54) is 0 Å². The van der Waals surface area contributed by atoms with Gasteiger partial charge in [-0.05, 0) is 30.3 Å². The number of rotatable bonds is 0. The van der Waals surface area contributed by atoms with E-state index in [-0.39, 0.29) is 5.56 Å². The first-order chi connectivity index (χ1) is 20.3. The zero-order valence-corrected chi connectivity index (χ0v) is 21.4. The molecule has 0 radical (unpaired) electrons. The van der Waals surface area contributed by atoms with Gasteiger partial charge in [0.25, 0.3) is 0 Å². The standard InChI is InChI=1S/C30H18O13/c31-12-4-2-10-20-8-19(38)24-17(36)7-18(37)25(30(24)43-20)22-9(1-3-13(32)28(22)41)14(33)6-16(35)23-15(34)5-11(21(10)27(12)40)26(39)29(23)42/h1-5,7-8,31-32,34,36-37,39-42H,6H2. The van der Waals surface area contributed by atoms with Crippen molar-refractivity contribution in [3.63, 3.8) is 0 Å². The molecule has 0 fully saturated rings. The second-order valence-corrected chi connectivity index (χ2v) is 9.72. The zero-order chi connectivity index (χ0) is 31.1. The normalized spacial score (nSPS) is 12.7. The van der Waals surface area contributed by atoms with Crippen molar-refractivity contribution >= 4 is 22.5 Å². The summed E-state index contributed by atoms with van der Waals surface area (Å²) in [5.74, 6) is -10.9. The van der Waals surface area contributed by atoms with E-state index in [1.54, 1.807) is 0 Å². The van der Waals surface area contributed by atoms with Crippen LogP contribution in [0, 0.1) is 0 Å². The summed E-state index contributed by atoms with van der Waals surface area (Å²) < 4.78 is 5.94. The van der Waals surface area contributed by atoms with Crippen molar-refractivity contribution in [3.05, 3.63) is 63.8 Å². The van der Waals surface area contributed by atoms with Gasteiger partial charge in [0, 0.05) is 39.9 Å². The van der Waals surface area contributed by atoms with Gasteiger partial charge in [0.2, 0.25) is 0 Å². The van der Waals surface area contributed by atoms with Gasteiger partial charge in [-0.3, -0.25) is 14.4 Å². The van der Waals surface area contributed by atoms with E-state index < -0.39 is 125 Å². The summed E-state index contributed by atoms with van der Waals surface area (Å²) >= 11 is 0. The molecule has 4 aromatic carbocycles. The molecule has 43 heavy (non-hydrogen) atoms. The molecule has 0 amide bonds. The lowest BCUT2D eigenvalue weighted by molar-refractivity contribution is 0.0891. The van der Waals surface area contributed by atoms with Gasteiger partial charge >= 0.3 is 0 Å². The van der Waals surface area contributed by atoms with Gasteiger partial charge in [0.15, 0.2) is 57.1 Å². The largest absolute Gasteiger partial charge is 0.507 e. The molecule has 0 saturated heterocycles. The van der Waals surface area contributed by atoms with Gasteiger partial charge in [-0.2, -0.15) is 0 Å². The molecule has 0 unspecified atom stereocenters. The van der Waals surface area contributed by atoms with Gasteiger partial charge in [-0.25, -0.2) is 0 Å². The number of phenolic OH excluding ortho intramolecular Hbond substituents is 9. The zero-order valence-electron chi connectivity index (χ0n) is 21.4. The van der Waals surface area contributed by atoms with Crippen molar-refractivity contribution < 1.29 is 60.0 Å². The Bertz CT molecular complexity index is 2160.